The standard InChI is InChI=1S/C19H31N3O2/c1-5-23-17-9-11-22(12-10-17)19(20-4)21-14-16-7-8-18(24-6-2)15(3)13-16/h7-8,13,17H,5-6,9-12,14H2,1-4H3,(H,20,21). The molecule has 0 spiro atoms. The van der Waals surface area contributed by atoms with Crippen molar-refractivity contribution in [2.75, 3.05) is 33.4 Å². The van der Waals surface area contributed by atoms with Crippen molar-refractivity contribution in [3.05, 3.63) is 29.3 Å². The zero-order chi connectivity index (χ0) is 17.4. The SMILES string of the molecule is CCOc1ccc(CNC(=NC)N2CCC(OCC)CC2)cc1C. The van der Waals surface area contributed by atoms with E-state index in [9.17, 15) is 0 Å². The number of hydrogen-bond acceptors (Lipinski definition) is 3. The Morgan fingerprint density at radius 1 is 1.25 bits per heavy atom. The molecule has 1 aliphatic heterocycles. The predicted octanol–water partition coefficient (Wildman–Crippen LogP) is 2.97. The molecule has 0 aliphatic carbocycles. The lowest BCUT2D eigenvalue weighted by Gasteiger charge is -2.34. The van der Waals surface area contributed by atoms with Gasteiger partial charge in [0.2, 0.25) is 0 Å². The fourth-order valence-corrected chi connectivity index (χ4v) is 3.12. The molecular weight excluding hydrogens is 302 g/mol. The first-order chi connectivity index (χ1) is 11.7. The Labute approximate surface area is 146 Å². The first-order valence-electron chi connectivity index (χ1n) is 8.97. The highest BCUT2D eigenvalue weighted by Gasteiger charge is 2.21. The molecule has 0 aromatic heterocycles. The summed E-state index contributed by atoms with van der Waals surface area (Å²) in [7, 11) is 1.85. The van der Waals surface area contributed by atoms with Gasteiger partial charge in [-0.15, -0.1) is 0 Å². The van der Waals surface area contributed by atoms with Gasteiger partial charge in [0.05, 0.1) is 12.7 Å². The van der Waals surface area contributed by atoms with Gasteiger partial charge in [-0.1, -0.05) is 12.1 Å². The number of nitrogens with one attached hydrogen (secondary N) is 1. The monoisotopic (exact) mass is 333 g/mol. The highest BCUT2D eigenvalue weighted by Crippen LogP contribution is 2.19. The Bertz CT molecular complexity index is 537. The molecule has 2 rings (SSSR count). The van der Waals surface area contributed by atoms with E-state index in [1.54, 1.807) is 0 Å². The van der Waals surface area contributed by atoms with Crippen LogP contribution in [0.4, 0.5) is 0 Å². The summed E-state index contributed by atoms with van der Waals surface area (Å²) in [6.07, 6.45) is 2.53. The molecule has 1 N–H and O–H groups in total. The van der Waals surface area contributed by atoms with Crippen LogP contribution in [0, 0.1) is 6.92 Å². The van der Waals surface area contributed by atoms with Crippen LogP contribution in [0.25, 0.3) is 0 Å². The van der Waals surface area contributed by atoms with E-state index in [4.69, 9.17) is 9.47 Å². The Morgan fingerprint density at radius 3 is 2.58 bits per heavy atom. The zero-order valence-corrected chi connectivity index (χ0v) is 15.5. The lowest BCUT2D eigenvalue weighted by Crippen LogP contribution is -2.46. The van der Waals surface area contributed by atoms with Crippen LogP contribution in [0.15, 0.2) is 23.2 Å². The molecule has 134 valence electrons. The van der Waals surface area contributed by atoms with Gasteiger partial charge >= 0.3 is 0 Å². The van der Waals surface area contributed by atoms with Crippen LogP contribution in [0.1, 0.15) is 37.8 Å². The predicted molar refractivity (Wildman–Crippen MR) is 98.8 cm³/mol. The maximum Gasteiger partial charge on any atom is 0.193 e. The van der Waals surface area contributed by atoms with Gasteiger partial charge in [0.1, 0.15) is 5.75 Å². The van der Waals surface area contributed by atoms with Crippen molar-refractivity contribution in [3.8, 4) is 5.75 Å². The summed E-state index contributed by atoms with van der Waals surface area (Å²) >= 11 is 0. The van der Waals surface area contributed by atoms with Gasteiger partial charge in [0.25, 0.3) is 0 Å². The van der Waals surface area contributed by atoms with E-state index >= 15 is 0 Å². The molecule has 1 aliphatic rings. The fraction of sp³-hybridized carbons (Fsp3) is 0.632. The van der Waals surface area contributed by atoms with E-state index in [-0.39, 0.29) is 0 Å². The molecule has 1 aromatic rings. The van der Waals surface area contributed by atoms with Crippen molar-refractivity contribution >= 4 is 5.96 Å². The number of aryl methyl sites for hydroxylation is 1. The van der Waals surface area contributed by atoms with E-state index in [1.807, 2.05) is 20.0 Å². The van der Waals surface area contributed by atoms with Crippen LogP contribution >= 0.6 is 0 Å². The zero-order valence-electron chi connectivity index (χ0n) is 15.5. The van der Waals surface area contributed by atoms with Gasteiger partial charge in [-0.05, 0) is 50.8 Å². The number of hydrogen-bond donors (Lipinski definition) is 1. The van der Waals surface area contributed by atoms with E-state index < -0.39 is 0 Å². The lowest BCUT2D eigenvalue weighted by molar-refractivity contribution is 0.0263. The third kappa shape index (κ3) is 5.13. The number of likely N-dealkylation sites (tertiary alicyclic amines) is 1. The van der Waals surface area contributed by atoms with E-state index in [0.29, 0.717) is 12.7 Å². The van der Waals surface area contributed by atoms with Crippen LogP contribution in [0.3, 0.4) is 0 Å². The van der Waals surface area contributed by atoms with Crippen molar-refractivity contribution in [1.82, 2.24) is 10.2 Å². The highest BCUT2D eigenvalue weighted by atomic mass is 16.5. The number of piperidine rings is 1. The molecule has 1 aromatic carbocycles. The average Bonchev–Trinajstić information content (AvgIpc) is 2.59. The second-order valence-electron chi connectivity index (χ2n) is 6.08. The normalized spacial score (nSPS) is 16.3. The molecule has 5 nitrogen and oxygen atoms in total. The van der Waals surface area contributed by atoms with Crippen molar-refractivity contribution < 1.29 is 9.47 Å². The molecular formula is C19H31N3O2. The van der Waals surface area contributed by atoms with Crippen LogP contribution in [0.5, 0.6) is 5.75 Å². The molecule has 0 amide bonds. The molecule has 1 heterocycles. The molecule has 0 unspecified atom stereocenters. The molecule has 1 saturated heterocycles. The van der Waals surface area contributed by atoms with E-state index in [1.165, 1.54) is 11.1 Å². The quantitative estimate of drug-likeness (QED) is 0.642. The highest BCUT2D eigenvalue weighted by molar-refractivity contribution is 5.80. The minimum Gasteiger partial charge on any atom is -0.494 e. The maximum atomic E-state index is 5.72. The van der Waals surface area contributed by atoms with Crippen molar-refractivity contribution in [1.29, 1.82) is 0 Å². The lowest BCUT2D eigenvalue weighted by atomic mass is 10.1. The second-order valence-corrected chi connectivity index (χ2v) is 6.08. The third-order valence-corrected chi connectivity index (χ3v) is 4.35. The van der Waals surface area contributed by atoms with Crippen LogP contribution in [-0.4, -0.2) is 50.3 Å². The number of guanidine groups is 1. The van der Waals surface area contributed by atoms with Crippen LogP contribution in [0.2, 0.25) is 0 Å². The summed E-state index contributed by atoms with van der Waals surface area (Å²) in [5.41, 5.74) is 2.41. The minimum atomic E-state index is 0.401. The molecule has 0 bridgehead atoms. The van der Waals surface area contributed by atoms with Crippen LogP contribution < -0.4 is 10.1 Å². The fourth-order valence-electron chi connectivity index (χ4n) is 3.12. The molecule has 0 saturated carbocycles. The number of rotatable bonds is 6. The molecule has 0 radical (unpaired) electrons. The second kappa shape index (κ2) is 9.52. The summed E-state index contributed by atoms with van der Waals surface area (Å²) in [5.74, 6) is 1.93. The Kier molecular flexibility index (Phi) is 7.37. The number of benzene rings is 1. The van der Waals surface area contributed by atoms with Crippen LogP contribution in [-0.2, 0) is 11.3 Å². The Balaban J connectivity index is 1.87. The van der Waals surface area contributed by atoms with E-state index in [2.05, 4.69) is 41.2 Å². The minimum absolute atomic E-state index is 0.401. The van der Waals surface area contributed by atoms with Crippen molar-refractivity contribution in [3.63, 3.8) is 0 Å². The van der Waals surface area contributed by atoms with Gasteiger partial charge < -0.3 is 19.7 Å². The Morgan fingerprint density at radius 2 is 2.00 bits per heavy atom. The Hall–Kier alpha value is -1.75. The molecule has 0 atom stereocenters. The largest absolute Gasteiger partial charge is 0.494 e. The van der Waals surface area contributed by atoms with Gasteiger partial charge in [-0.25, -0.2) is 0 Å². The van der Waals surface area contributed by atoms with Gasteiger partial charge in [0, 0.05) is 33.3 Å². The number of ether oxygens (including phenoxy) is 2. The van der Waals surface area contributed by atoms with Crippen molar-refractivity contribution in [2.45, 2.75) is 46.3 Å². The third-order valence-electron chi connectivity index (χ3n) is 4.35. The number of aliphatic imine (C=N–C) groups is 1. The topological polar surface area (TPSA) is 46.1 Å². The van der Waals surface area contributed by atoms with Gasteiger partial charge in [-0.3, -0.25) is 4.99 Å². The van der Waals surface area contributed by atoms with E-state index in [0.717, 1.165) is 50.8 Å². The first-order valence-corrected chi connectivity index (χ1v) is 8.97. The maximum absolute atomic E-state index is 5.72. The number of nitrogens with zero attached hydrogens (tertiary/aromatic N) is 2. The molecule has 5 heteroatoms. The van der Waals surface area contributed by atoms with Gasteiger partial charge in [-0.2, -0.15) is 0 Å². The van der Waals surface area contributed by atoms with Gasteiger partial charge in [0.15, 0.2) is 5.96 Å². The molecule has 24 heavy (non-hydrogen) atoms. The summed E-state index contributed by atoms with van der Waals surface area (Å²) < 4.78 is 11.3. The van der Waals surface area contributed by atoms with Crippen molar-refractivity contribution in [2.24, 2.45) is 4.99 Å². The summed E-state index contributed by atoms with van der Waals surface area (Å²) in [4.78, 5) is 6.75. The summed E-state index contributed by atoms with van der Waals surface area (Å²) in [6, 6.07) is 6.33. The summed E-state index contributed by atoms with van der Waals surface area (Å²) in [5, 5.41) is 3.48. The summed E-state index contributed by atoms with van der Waals surface area (Å²) in [6.45, 7) is 10.4. The molecule has 1 fully saturated rings. The first kappa shape index (κ1) is 18.6. The average molecular weight is 333 g/mol. The smallest absolute Gasteiger partial charge is 0.193 e.